The van der Waals surface area contributed by atoms with Crippen LogP contribution in [0.1, 0.15) is 22.3 Å². The molecule has 0 radical (unpaired) electrons. The van der Waals surface area contributed by atoms with Crippen LogP contribution in [0.2, 0.25) is 0 Å². The summed E-state index contributed by atoms with van der Waals surface area (Å²) in [5.74, 6) is -0.877. The van der Waals surface area contributed by atoms with E-state index in [1.54, 1.807) is 18.3 Å². The molecule has 1 unspecified atom stereocenters. The zero-order valence-corrected chi connectivity index (χ0v) is 15.9. The molecule has 0 spiro atoms. The molecular weight excluding hydrogens is 380 g/mol. The molecule has 0 aliphatic heterocycles. The zero-order chi connectivity index (χ0) is 20.1. The van der Waals surface area contributed by atoms with E-state index in [0.29, 0.717) is 13.0 Å². The summed E-state index contributed by atoms with van der Waals surface area (Å²) in [5, 5.41) is 17.0. The number of benzene rings is 2. The van der Waals surface area contributed by atoms with Crippen LogP contribution in [0.4, 0.5) is 5.69 Å². The Bertz CT molecular complexity index is 1000. The Balaban J connectivity index is 1.50. The molecule has 0 bridgehead atoms. The number of thiazole rings is 1. The molecule has 0 saturated carbocycles. The summed E-state index contributed by atoms with van der Waals surface area (Å²) in [6, 6.07) is 12.4. The van der Waals surface area contributed by atoms with Crippen molar-refractivity contribution in [3.63, 3.8) is 0 Å². The normalized spacial score (nSPS) is 11.8. The first-order valence-electron chi connectivity index (χ1n) is 8.61. The molecule has 2 N–H and O–H groups in total. The maximum Gasteiger partial charge on any atom is 0.270 e. The van der Waals surface area contributed by atoms with Crippen molar-refractivity contribution in [3.05, 3.63) is 69.2 Å². The quantitative estimate of drug-likeness (QED) is 0.469. The smallest absolute Gasteiger partial charge is 0.270 e. The molecule has 1 aromatic heterocycles. The summed E-state index contributed by atoms with van der Waals surface area (Å²) in [6.45, 7) is 1.96. The first-order valence-corrected chi connectivity index (χ1v) is 9.43. The van der Waals surface area contributed by atoms with E-state index in [9.17, 15) is 19.7 Å². The van der Waals surface area contributed by atoms with Gasteiger partial charge in [-0.05, 0) is 25.1 Å². The summed E-state index contributed by atoms with van der Waals surface area (Å²) in [4.78, 5) is 39.1. The molecule has 2 aromatic carbocycles. The standard InChI is InChI=1S/C19H18N4O4S/c1-12(21-19(25)13-5-4-6-14(11-13)23(26)27)18(24)20-10-9-17-22-15-7-2-3-8-16(15)28-17/h2-8,11-12H,9-10H2,1H3,(H,20,24)(H,21,25). The molecule has 144 valence electrons. The third-order valence-corrected chi connectivity index (χ3v) is 5.13. The largest absolute Gasteiger partial charge is 0.354 e. The number of nitrogens with zero attached hydrogens (tertiary/aromatic N) is 2. The number of nitro benzene ring substituents is 1. The second-order valence-electron chi connectivity index (χ2n) is 6.12. The highest BCUT2D eigenvalue weighted by Crippen LogP contribution is 2.21. The second-order valence-corrected chi connectivity index (χ2v) is 7.23. The van der Waals surface area contributed by atoms with Crippen LogP contribution in [0.25, 0.3) is 10.2 Å². The number of nitro groups is 1. The number of aromatic nitrogens is 1. The van der Waals surface area contributed by atoms with E-state index < -0.39 is 16.9 Å². The van der Waals surface area contributed by atoms with Crippen molar-refractivity contribution in [2.45, 2.75) is 19.4 Å². The fraction of sp³-hybridized carbons (Fsp3) is 0.211. The Morgan fingerprint density at radius 3 is 2.75 bits per heavy atom. The highest BCUT2D eigenvalue weighted by atomic mass is 32.1. The van der Waals surface area contributed by atoms with Crippen LogP contribution >= 0.6 is 11.3 Å². The number of hydrogen-bond acceptors (Lipinski definition) is 6. The fourth-order valence-electron chi connectivity index (χ4n) is 2.58. The van der Waals surface area contributed by atoms with E-state index in [2.05, 4.69) is 15.6 Å². The van der Waals surface area contributed by atoms with Gasteiger partial charge in [0, 0.05) is 30.7 Å². The Kier molecular flexibility index (Phi) is 5.95. The van der Waals surface area contributed by atoms with Gasteiger partial charge in [-0.15, -0.1) is 11.3 Å². The minimum absolute atomic E-state index is 0.128. The summed E-state index contributed by atoms with van der Waals surface area (Å²) < 4.78 is 1.10. The Hall–Kier alpha value is -3.33. The summed E-state index contributed by atoms with van der Waals surface area (Å²) in [7, 11) is 0. The lowest BCUT2D eigenvalue weighted by Crippen LogP contribution is -2.45. The lowest BCUT2D eigenvalue weighted by molar-refractivity contribution is -0.384. The molecule has 9 heteroatoms. The van der Waals surface area contributed by atoms with Gasteiger partial charge in [-0.1, -0.05) is 18.2 Å². The SMILES string of the molecule is CC(NC(=O)c1cccc([N+](=O)[O-])c1)C(=O)NCCc1nc2ccccc2s1. The van der Waals surface area contributed by atoms with Crippen LogP contribution in [0, 0.1) is 10.1 Å². The van der Waals surface area contributed by atoms with E-state index in [1.807, 2.05) is 24.3 Å². The zero-order valence-electron chi connectivity index (χ0n) is 15.0. The van der Waals surface area contributed by atoms with Crippen LogP contribution in [-0.4, -0.2) is 34.3 Å². The van der Waals surface area contributed by atoms with Crippen molar-refractivity contribution in [1.82, 2.24) is 15.6 Å². The van der Waals surface area contributed by atoms with Gasteiger partial charge in [-0.25, -0.2) is 4.98 Å². The minimum Gasteiger partial charge on any atom is -0.354 e. The molecule has 1 atom stereocenters. The van der Waals surface area contributed by atoms with Crippen molar-refractivity contribution in [1.29, 1.82) is 0 Å². The third-order valence-electron chi connectivity index (χ3n) is 4.04. The van der Waals surface area contributed by atoms with Gasteiger partial charge in [-0.2, -0.15) is 0 Å². The third kappa shape index (κ3) is 4.68. The summed E-state index contributed by atoms with van der Waals surface area (Å²) in [5.41, 5.74) is 0.885. The predicted octanol–water partition coefficient (Wildman–Crippen LogP) is 2.68. The Labute approximate surface area is 164 Å². The van der Waals surface area contributed by atoms with Gasteiger partial charge in [0.05, 0.1) is 20.1 Å². The van der Waals surface area contributed by atoms with Gasteiger partial charge >= 0.3 is 0 Å². The van der Waals surface area contributed by atoms with Crippen LogP contribution in [0.5, 0.6) is 0 Å². The van der Waals surface area contributed by atoms with Crippen molar-refractivity contribution in [2.75, 3.05) is 6.54 Å². The molecule has 8 nitrogen and oxygen atoms in total. The van der Waals surface area contributed by atoms with E-state index in [1.165, 1.54) is 24.3 Å². The van der Waals surface area contributed by atoms with E-state index in [4.69, 9.17) is 0 Å². The number of nitrogens with one attached hydrogen (secondary N) is 2. The van der Waals surface area contributed by atoms with Crippen molar-refractivity contribution in [3.8, 4) is 0 Å². The Morgan fingerprint density at radius 2 is 2.00 bits per heavy atom. The molecule has 0 saturated heterocycles. The lowest BCUT2D eigenvalue weighted by atomic mass is 10.1. The first-order chi connectivity index (χ1) is 13.4. The van der Waals surface area contributed by atoms with Crippen molar-refractivity contribution in [2.24, 2.45) is 0 Å². The van der Waals surface area contributed by atoms with Crippen molar-refractivity contribution < 1.29 is 14.5 Å². The van der Waals surface area contributed by atoms with Crippen LogP contribution in [-0.2, 0) is 11.2 Å². The minimum atomic E-state index is -0.776. The van der Waals surface area contributed by atoms with Crippen molar-refractivity contribution >= 4 is 39.1 Å². The highest BCUT2D eigenvalue weighted by molar-refractivity contribution is 7.18. The number of carbonyl (C=O) groups excluding carboxylic acids is 2. The maximum absolute atomic E-state index is 12.2. The number of non-ortho nitro benzene ring substituents is 1. The summed E-state index contributed by atoms with van der Waals surface area (Å²) in [6.07, 6.45) is 0.594. The Morgan fingerprint density at radius 1 is 1.21 bits per heavy atom. The molecule has 28 heavy (non-hydrogen) atoms. The molecule has 3 rings (SSSR count). The van der Waals surface area contributed by atoms with Crippen LogP contribution in [0.3, 0.4) is 0 Å². The van der Waals surface area contributed by atoms with Crippen LogP contribution in [0.15, 0.2) is 48.5 Å². The highest BCUT2D eigenvalue weighted by Gasteiger charge is 2.18. The molecule has 0 fully saturated rings. The van der Waals surface area contributed by atoms with Gasteiger partial charge < -0.3 is 10.6 Å². The maximum atomic E-state index is 12.2. The van der Waals surface area contributed by atoms with Gasteiger partial charge in [0.15, 0.2) is 0 Å². The molecule has 3 aromatic rings. The molecular formula is C19H18N4O4S. The van der Waals surface area contributed by atoms with Gasteiger partial charge in [0.2, 0.25) is 5.91 Å². The van der Waals surface area contributed by atoms with Gasteiger partial charge in [0.25, 0.3) is 11.6 Å². The number of para-hydroxylation sites is 1. The van der Waals surface area contributed by atoms with Crippen LogP contribution < -0.4 is 10.6 Å². The van der Waals surface area contributed by atoms with E-state index >= 15 is 0 Å². The predicted molar refractivity (Wildman–Crippen MR) is 106 cm³/mol. The number of carbonyl (C=O) groups is 2. The van der Waals surface area contributed by atoms with Gasteiger partial charge in [-0.3, -0.25) is 19.7 Å². The average molecular weight is 398 g/mol. The second kappa shape index (κ2) is 8.57. The molecule has 2 amide bonds. The topological polar surface area (TPSA) is 114 Å². The lowest BCUT2D eigenvalue weighted by Gasteiger charge is -2.14. The van der Waals surface area contributed by atoms with Gasteiger partial charge in [0.1, 0.15) is 6.04 Å². The van der Waals surface area contributed by atoms with E-state index in [-0.39, 0.29) is 17.2 Å². The number of hydrogen-bond donors (Lipinski definition) is 2. The molecule has 1 heterocycles. The number of amides is 2. The monoisotopic (exact) mass is 398 g/mol. The first kappa shape index (κ1) is 19.4. The molecule has 0 aliphatic carbocycles. The average Bonchev–Trinajstić information content (AvgIpc) is 3.10. The summed E-state index contributed by atoms with van der Waals surface area (Å²) >= 11 is 1.58. The fourth-order valence-corrected chi connectivity index (χ4v) is 3.55. The number of fused-ring (bicyclic) bond motifs is 1. The number of rotatable bonds is 7. The molecule has 0 aliphatic rings. The van der Waals surface area contributed by atoms with E-state index in [0.717, 1.165) is 15.2 Å².